The number of piperazine rings is 1. The molecule has 1 heterocycles. The fraction of sp³-hybridized carbons (Fsp3) is 0.333. The highest BCUT2D eigenvalue weighted by molar-refractivity contribution is 6.39. The Morgan fingerprint density at radius 3 is 2.17 bits per heavy atom. The van der Waals surface area contributed by atoms with Gasteiger partial charge in [-0.3, -0.25) is 4.79 Å². The minimum absolute atomic E-state index is 0.0182. The SMILES string of the molecule is CNCCC(=O)Nc1ccc(N2CCN(C(=O)Nc3c(Cl)cccc3Cl)CC2)cc1. The maximum atomic E-state index is 12.6. The summed E-state index contributed by atoms with van der Waals surface area (Å²) in [5.41, 5.74) is 2.26. The first kappa shape index (κ1) is 22.2. The van der Waals surface area contributed by atoms with Crippen LogP contribution in [0.2, 0.25) is 10.0 Å². The maximum Gasteiger partial charge on any atom is 0.322 e. The number of urea groups is 1. The lowest BCUT2D eigenvalue weighted by atomic mass is 10.2. The van der Waals surface area contributed by atoms with Crippen molar-refractivity contribution in [2.75, 3.05) is 55.3 Å². The van der Waals surface area contributed by atoms with E-state index in [1.807, 2.05) is 31.3 Å². The number of nitrogens with zero attached hydrogens (tertiary/aromatic N) is 2. The van der Waals surface area contributed by atoms with Gasteiger partial charge in [0.05, 0.1) is 15.7 Å². The largest absolute Gasteiger partial charge is 0.368 e. The highest BCUT2D eigenvalue weighted by Gasteiger charge is 2.22. The molecule has 0 atom stereocenters. The van der Waals surface area contributed by atoms with Crippen LogP contribution in [0.25, 0.3) is 0 Å². The van der Waals surface area contributed by atoms with Crippen LogP contribution in [0.1, 0.15) is 6.42 Å². The molecule has 3 N–H and O–H groups in total. The predicted molar refractivity (Wildman–Crippen MR) is 123 cm³/mol. The number of nitrogens with one attached hydrogen (secondary N) is 3. The van der Waals surface area contributed by atoms with Gasteiger partial charge >= 0.3 is 6.03 Å². The second kappa shape index (κ2) is 10.5. The summed E-state index contributed by atoms with van der Waals surface area (Å²) in [4.78, 5) is 28.3. The summed E-state index contributed by atoms with van der Waals surface area (Å²) in [6, 6.07) is 12.6. The molecule has 30 heavy (non-hydrogen) atoms. The molecule has 2 aromatic carbocycles. The van der Waals surface area contributed by atoms with Crippen molar-refractivity contribution in [3.8, 4) is 0 Å². The van der Waals surface area contributed by atoms with Gasteiger partial charge in [-0.2, -0.15) is 0 Å². The fourth-order valence-corrected chi connectivity index (χ4v) is 3.68. The number of para-hydroxylation sites is 1. The zero-order chi connectivity index (χ0) is 21.5. The normalized spacial score (nSPS) is 13.8. The van der Waals surface area contributed by atoms with Gasteiger partial charge < -0.3 is 25.8 Å². The lowest BCUT2D eigenvalue weighted by molar-refractivity contribution is -0.116. The Hall–Kier alpha value is -2.48. The third kappa shape index (κ3) is 5.78. The molecule has 3 rings (SSSR count). The van der Waals surface area contributed by atoms with Gasteiger partial charge in [-0.1, -0.05) is 29.3 Å². The smallest absolute Gasteiger partial charge is 0.322 e. The second-order valence-corrected chi connectivity index (χ2v) is 7.76. The molecule has 2 aromatic rings. The summed E-state index contributed by atoms with van der Waals surface area (Å²) < 4.78 is 0. The van der Waals surface area contributed by atoms with E-state index in [9.17, 15) is 9.59 Å². The van der Waals surface area contributed by atoms with Gasteiger partial charge in [0.1, 0.15) is 0 Å². The molecule has 9 heteroatoms. The maximum absolute atomic E-state index is 12.6. The molecule has 160 valence electrons. The Balaban J connectivity index is 1.51. The summed E-state index contributed by atoms with van der Waals surface area (Å²) >= 11 is 12.3. The molecule has 0 unspecified atom stereocenters. The Bertz CT molecular complexity index is 863. The molecule has 0 bridgehead atoms. The van der Waals surface area contributed by atoms with Crippen LogP contribution in [0.15, 0.2) is 42.5 Å². The van der Waals surface area contributed by atoms with Crippen LogP contribution in [0.4, 0.5) is 21.9 Å². The first-order valence-corrected chi connectivity index (χ1v) is 10.5. The molecule has 1 aliphatic rings. The standard InChI is InChI=1S/C21H25Cl2N5O2/c1-24-10-9-19(29)25-15-5-7-16(8-6-15)27-11-13-28(14-12-27)21(30)26-20-17(22)3-2-4-18(20)23/h2-8,24H,9-14H2,1H3,(H,25,29)(H,26,30). The molecular formula is C21H25Cl2N5O2. The molecule has 0 radical (unpaired) electrons. The van der Waals surface area contributed by atoms with Gasteiger partial charge in [0.15, 0.2) is 0 Å². The van der Waals surface area contributed by atoms with Crippen molar-refractivity contribution in [1.82, 2.24) is 10.2 Å². The first-order chi connectivity index (χ1) is 14.5. The van der Waals surface area contributed by atoms with E-state index in [0.29, 0.717) is 54.9 Å². The van der Waals surface area contributed by atoms with E-state index in [-0.39, 0.29) is 11.9 Å². The van der Waals surface area contributed by atoms with Crippen molar-refractivity contribution < 1.29 is 9.59 Å². The number of hydrogen-bond acceptors (Lipinski definition) is 4. The number of benzene rings is 2. The van der Waals surface area contributed by atoms with E-state index >= 15 is 0 Å². The molecule has 0 saturated carbocycles. The van der Waals surface area contributed by atoms with Gasteiger partial charge in [0.25, 0.3) is 0 Å². The highest BCUT2D eigenvalue weighted by Crippen LogP contribution is 2.30. The fourth-order valence-electron chi connectivity index (χ4n) is 3.19. The van der Waals surface area contributed by atoms with Crippen molar-refractivity contribution in [2.45, 2.75) is 6.42 Å². The average Bonchev–Trinajstić information content (AvgIpc) is 2.75. The van der Waals surface area contributed by atoms with Gasteiger partial charge in [-0.15, -0.1) is 0 Å². The Morgan fingerprint density at radius 2 is 1.57 bits per heavy atom. The number of halogens is 2. The van der Waals surface area contributed by atoms with Crippen molar-refractivity contribution in [1.29, 1.82) is 0 Å². The highest BCUT2D eigenvalue weighted by atomic mass is 35.5. The molecule has 1 aliphatic heterocycles. The average molecular weight is 450 g/mol. The third-order valence-corrected chi connectivity index (χ3v) is 5.51. The van der Waals surface area contributed by atoms with E-state index in [0.717, 1.165) is 11.4 Å². The van der Waals surface area contributed by atoms with E-state index in [1.165, 1.54) is 0 Å². The topological polar surface area (TPSA) is 76.7 Å². The predicted octanol–water partition coefficient (Wildman–Crippen LogP) is 3.90. The summed E-state index contributed by atoms with van der Waals surface area (Å²) in [5.74, 6) is -0.0182. The second-order valence-electron chi connectivity index (χ2n) is 6.95. The van der Waals surface area contributed by atoms with Crippen LogP contribution in [0.3, 0.4) is 0 Å². The number of carbonyl (C=O) groups excluding carboxylic acids is 2. The lowest BCUT2D eigenvalue weighted by Gasteiger charge is -2.36. The van der Waals surface area contributed by atoms with E-state index in [2.05, 4.69) is 20.9 Å². The van der Waals surface area contributed by atoms with Crippen LogP contribution in [0, 0.1) is 0 Å². The van der Waals surface area contributed by atoms with Gasteiger partial charge in [-0.05, 0) is 43.4 Å². The Labute approximate surface area is 186 Å². The van der Waals surface area contributed by atoms with Crippen LogP contribution in [0.5, 0.6) is 0 Å². The van der Waals surface area contributed by atoms with Crippen LogP contribution >= 0.6 is 23.2 Å². The first-order valence-electron chi connectivity index (χ1n) is 9.77. The molecule has 1 fully saturated rings. The Kier molecular flexibility index (Phi) is 7.79. The van der Waals surface area contributed by atoms with E-state index in [1.54, 1.807) is 23.1 Å². The van der Waals surface area contributed by atoms with E-state index in [4.69, 9.17) is 23.2 Å². The zero-order valence-electron chi connectivity index (χ0n) is 16.8. The molecule has 0 spiro atoms. The summed E-state index contributed by atoms with van der Waals surface area (Å²) in [6.45, 7) is 3.21. The van der Waals surface area contributed by atoms with Crippen molar-refractivity contribution in [3.05, 3.63) is 52.5 Å². The molecule has 3 amide bonds. The van der Waals surface area contributed by atoms with Crippen molar-refractivity contribution >= 4 is 52.2 Å². The van der Waals surface area contributed by atoms with E-state index < -0.39 is 0 Å². The molecular weight excluding hydrogens is 425 g/mol. The quantitative estimate of drug-likeness (QED) is 0.624. The van der Waals surface area contributed by atoms with Gasteiger partial charge in [0, 0.05) is 50.5 Å². The zero-order valence-corrected chi connectivity index (χ0v) is 18.3. The number of anilines is 3. The van der Waals surface area contributed by atoms with Crippen LogP contribution in [-0.2, 0) is 4.79 Å². The molecule has 7 nitrogen and oxygen atoms in total. The number of carbonyl (C=O) groups is 2. The van der Waals surface area contributed by atoms with Gasteiger partial charge in [-0.25, -0.2) is 4.79 Å². The molecule has 0 aromatic heterocycles. The monoisotopic (exact) mass is 449 g/mol. The molecule has 0 aliphatic carbocycles. The Morgan fingerprint density at radius 1 is 0.933 bits per heavy atom. The third-order valence-electron chi connectivity index (χ3n) is 4.88. The summed E-state index contributed by atoms with van der Waals surface area (Å²) in [6.07, 6.45) is 0.432. The molecule has 1 saturated heterocycles. The van der Waals surface area contributed by atoms with Gasteiger partial charge in [0.2, 0.25) is 5.91 Å². The minimum atomic E-state index is -0.218. The van der Waals surface area contributed by atoms with Crippen molar-refractivity contribution in [2.24, 2.45) is 0 Å². The number of rotatable bonds is 6. The van der Waals surface area contributed by atoms with Crippen LogP contribution in [-0.4, -0.2) is 56.6 Å². The number of hydrogen-bond donors (Lipinski definition) is 3. The van der Waals surface area contributed by atoms with Crippen molar-refractivity contribution in [3.63, 3.8) is 0 Å². The lowest BCUT2D eigenvalue weighted by Crippen LogP contribution is -2.50. The van der Waals surface area contributed by atoms with Crippen LogP contribution < -0.4 is 20.9 Å². The summed E-state index contributed by atoms with van der Waals surface area (Å²) in [5, 5.41) is 9.46. The minimum Gasteiger partial charge on any atom is -0.368 e. The summed E-state index contributed by atoms with van der Waals surface area (Å²) in [7, 11) is 1.82. The number of amides is 3.